The maximum atomic E-state index is 11.6. The zero-order valence-corrected chi connectivity index (χ0v) is 10.6. The number of fused-ring (bicyclic) bond motifs is 1. The Morgan fingerprint density at radius 1 is 1.39 bits per heavy atom. The summed E-state index contributed by atoms with van der Waals surface area (Å²) in [5.41, 5.74) is 1.90. The lowest BCUT2D eigenvalue weighted by Gasteiger charge is -2.10. The minimum Gasteiger partial charge on any atom is -0.343 e. The second kappa shape index (κ2) is 5.45. The predicted molar refractivity (Wildman–Crippen MR) is 74.1 cm³/mol. The van der Waals surface area contributed by atoms with Crippen molar-refractivity contribution in [3.05, 3.63) is 48.2 Å². The summed E-state index contributed by atoms with van der Waals surface area (Å²) < 4.78 is 0. The van der Waals surface area contributed by atoms with Crippen molar-refractivity contribution in [3.8, 4) is 0 Å². The van der Waals surface area contributed by atoms with Gasteiger partial charge in [-0.05, 0) is 30.7 Å². The number of hydrogen-bond donors (Lipinski definition) is 0. The van der Waals surface area contributed by atoms with Crippen LogP contribution in [-0.2, 0) is 4.79 Å². The summed E-state index contributed by atoms with van der Waals surface area (Å²) in [6, 6.07) is 9.95. The van der Waals surface area contributed by atoms with Gasteiger partial charge in [0.15, 0.2) is 0 Å². The molecule has 0 radical (unpaired) electrons. The molecule has 0 saturated carbocycles. The van der Waals surface area contributed by atoms with Crippen LogP contribution in [0.3, 0.4) is 0 Å². The number of rotatable bonds is 3. The Morgan fingerprint density at radius 2 is 2.17 bits per heavy atom. The first-order chi connectivity index (χ1) is 8.70. The van der Waals surface area contributed by atoms with Crippen LogP contribution in [0.2, 0.25) is 0 Å². The van der Waals surface area contributed by atoms with E-state index in [1.807, 2.05) is 37.3 Å². The van der Waals surface area contributed by atoms with Crippen molar-refractivity contribution < 1.29 is 4.79 Å². The number of aromatic nitrogens is 1. The molecule has 3 nitrogen and oxygen atoms in total. The van der Waals surface area contributed by atoms with Gasteiger partial charge in [0, 0.05) is 31.3 Å². The molecule has 1 aromatic heterocycles. The second-order valence-corrected chi connectivity index (χ2v) is 4.15. The zero-order valence-electron chi connectivity index (χ0n) is 10.6. The Balaban J connectivity index is 2.22. The first-order valence-corrected chi connectivity index (χ1v) is 5.98. The lowest BCUT2D eigenvalue weighted by atomic mass is 10.1. The van der Waals surface area contributed by atoms with Crippen molar-refractivity contribution in [1.29, 1.82) is 0 Å². The molecule has 0 bridgehead atoms. The molecule has 0 aliphatic carbocycles. The van der Waals surface area contributed by atoms with E-state index in [2.05, 4.69) is 4.98 Å². The molecule has 0 aliphatic heterocycles. The van der Waals surface area contributed by atoms with Gasteiger partial charge in [-0.25, -0.2) is 0 Å². The Kier molecular flexibility index (Phi) is 3.72. The number of nitrogens with zero attached hydrogens (tertiary/aromatic N) is 2. The van der Waals surface area contributed by atoms with Crippen LogP contribution in [0.15, 0.2) is 42.6 Å². The van der Waals surface area contributed by atoms with E-state index in [0.29, 0.717) is 6.54 Å². The van der Waals surface area contributed by atoms with Gasteiger partial charge >= 0.3 is 0 Å². The predicted octanol–water partition coefficient (Wildman–Crippen LogP) is 2.73. The highest BCUT2D eigenvalue weighted by atomic mass is 16.2. The van der Waals surface area contributed by atoms with Crippen LogP contribution in [0.4, 0.5) is 0 Å². The molecule has 18 heavy (non-hydrogen) atoms. The van der Waals surface area contributed by atoms with E-state index in [1.54, 1.807) is 30.3 Å². The number of carbonyl (C=O) groups excluding carboxylic acids is 1. The number of likely N-dealkylation sites (N-methyl/N-ethyl adjacent to an activating group) is 1. The average Bonchev–Trinajstić information content (AvgIpc) is 2.43. The van der Waals surface area contributed by atoms with E-state index in [4.69, 9.17) is 0 Å². The second-order valence-electron chi connectivity index (χ2n) is 4.15. The van der Waals surface area contributed by atoms with Crippen molar-refractivity contribution in [1.82, 2.24) is 9.88 Å². The Hall–Kier alpha value is -2.16. The molecular formula is C15H16N2O. The van der Waals surface area contributed by atoms with E-state index < -0.39 is 0 Å². The van der Waals surface area contributed by atoms with Gasteiger partial charge in [0.2, 0.25) is 5.91 Å². The minimum atomic E-state index is 0.00524. The molecule has 1 amide bonds. The topological polar surface area (TPSA) is 33.2 Å². The van der Waals surface area contributed by atoms with Crippen LogP contribution in [0, 0.1) is 0 Å². The summed E-state index contributed by atoms with van der Waals surface area (Å²) in [6.45, 7) is 2.66. The third-order valence-electron chi connectivity index (χ3n) is 2.88. The normalized spacial score (nSPS) is 11.0. The van der Waals surface area contributed by atoms with Gasteiger partial charge in [-0.3, -0.25) is 9.78 Å². The van der Waals surface area contributed by atoms with Crippen LogP contribution in [0.5, 0.6) is 0 Å². The number of pyridine rings is 1. The molecule has 3 heteroatoms. The van der Waals surface area contributed by atoms with Crippen molar-refractivity contribution in [2.45, 2.75) is 6.92 Å². The molecule has 0 aliphatic rings. The van der Waals surface area contributed by atoms with Crippen LogP contribution in [0.1, 0.15) is 12.5 Å². The van der Waals surface area contributed by atoms with Crippen molar-refractivity contribution >= 4 is 22.9 Å². The largest absolute Gasteiger partial charge is 0.343 e. The number of carbonyl (C=O) groups is 1. The first-order valence-electron chi connectivity index (χ1n) is 5.98. The molecule has 0 N–H and O–H groups in total. The molecule has 2 aromatic rings. The van der Waals surface area contributed by atoms with Crippen molar-refractivity contribution in [2.24, 2.45) is 0 Å². The number of para-hydroxylation sites is 1. The Labute approximate surface area is 107 Å². The number of hydrogen-bond acceptors (Lipinski definition) is 2. The van der Waals surface area contributed by atoms with E-state index in [1.165, 1.54) is 0 Å². The summed E-state index contributed by atoms with van der Waals surface area (Å²) >= 11 is 0. The maximum absolute atomic E-state index is 11.6. The molecule has 0 spiro atoms. The molecular weight excluding hydrogens is 224 g/mol. The third kappa shape index (κ3) is 2.74. The quantitative estimate of drug-likeness (QED) is 0.773. The zero-order chi connectivity index (χ0) is 13.0. The molecule has 1 heterocycles. The van der Waals surface area contributed by atoms with Crippen LogP contribution >= 0.6 is 0 Å². The third-order valence-corrected chi connectivity index (χ3v) is 2.88. The fourth-order valence-corrected chi connectivity index (χ4v) is 1.63. The van der Waals surface area contributed by atoms with Gasteiger partial charge in [0.1, 0.15) is 0 Å². The van der Waals surface area contributed by atoms with E-state index in [-0.39, 0.29) is 5.91 Å². The van der Waals surface area contributed by atoms with Gasteiger partial charge in [-0.1, -0.05) is 18.2 Å². The maximum Gasteiger partial charge on any atom is 0.246 e. The molecule has 0 fully saturated rings. The van der Waals surface area contributed by atoms with E-state index in [0.717, 1.165) is 16.5 Å². The fraction of sp³-hybridized carbons (Fsp3) is 0.200. The van der Waals surface area contributed by atoms with E-state index in [9.17, 15) is 4.79 Å². The van der Waals surface area contributed by atoms with Crippen LogP contribution < -0.4 is 0 Å². The average molecular weight is 240 g/mol. The fourth-order valence-electron chi connectivity index (χ4n) is 1.63. The highest BCUT2D eigenvalue weighted by Gasteiger charge is 2.01. The number of benzene rings is 1. The summed E-state index contributed by atoms with van der Waals surface area (Å²) in [4.78, 5) is 17.6. The van der Waals surface area contributed by atoms with Crippen LogP contribution in [0.25, 0.3) is 17.0 Å². The summed E-state index contributed by atoms with van der Waals surface area (Å²) in [6.07, 6.45) is 5.15. The minimum absolute atomic E-state index is 0.00524. The SMILES string of the molecule is CCN(C)C(=O)C=Cc1cnc2ccccc2c1. The van der Waals surface area contributed by atoms with Crippen molar-refractivity contribution in [2.75, 3.05) is 13.6 Å². The van der Waals surface area contributed by atoms with Gasteiger partial charge in [-0.15, -0.1) is 0 Å². The molecule has 92 valence electrons. The monoisotopic (exact) mass is 240 g/mol. The highest BCUT2D eigenvalue weighted by Crippen LogP contribution is 2.13. The number of amides is 1. The van der Waals surface area contributed by atoms with Crippen LogP contribution in [-0.4, -0.2) is 29.4 Å². The Morgan fingerprint density at radius 3 is 2.94 bits per heavy atom. The lowest BCUT2D eigenvalue weighted by molar-refractivity contribution is -0.124. The summed E-state index contributed by atoms with van der Waals surface area (Å²) in [5, 5.41) is 1.08. The van der Waals surface area contributed by atoms with E-state index >= 15 is 0 Å². The van der Waals surface area contributed by atoms with Gasteiger partial charge in [0.05, 0.1) is 5.52 Å². The molecule has 0 saturated heterocycles. The lowest BCUT2D eigenvalue weighted by Crippen LogP contribution is -2.23. The molecule has 0 unspecified atom stereocenters. The van der Waals surface area contributed by atoms with Gasteiger partial charge < -0.3 is 4.90 Å². The summed E-state index contributed by atoms with van der Waals surface area (Å²) in [5.74, 6) is 0.00524. The van der Waals surface area contributed by atoms with Crippen molar-refractivity contribution in [3.63, 3.8) is 0 Å². The molecule has 0 atom stereocenters. The molecule has 2 rings (SSSR count). The first kappa shape index (κ1) is 12.3. The standard InChI is InChI=1S/C15H16N2O/c1-3-17(2)15(18)9-8-12-10-13-6-4-5-7-14(13)16-11-12/h4-11H,3H2,1-2H3. The smallest absolute Gasteiger partial charge is 0.246 e. The highest BCUT2D eigenvalue weighted by molar-refractivity contribution is 5.92. The van der Waals surface area contributed by atoms with Gasteiger partial charge in [-0.2, -0.15) is 0 Å². The van der Waals surface area contributed by atoms with Gasteiger partial charge in [0.25, 0.3) is 0 Å². The molecule has 1 aromatic carbocycles. The Bertz CT molecular complexity index is 590. The summed E-state index contributed by atoms with van der Waals surface area (Å²) in [7, 11) is 1.78.